The third-order valence-electron chi connectivity index (χ3n) is 11.9. The summed E-state index contributed by atoms with van der Waals surface area (Å²) in [5, 5.41) is 0. The molecule has 10 heteroatoms. The van der Waals surface area contributed by atoms with Crippen LogP contribution < -0.4 is 9.47 Å². The molecular formula is C36H47N3O7. The Morgan fingerprint density at radius 1 is 1.00 bits per heavy atom. The van der Waals surface area contributed by atoms with E-state index >= 15 is 0 Å². The molecule has 4 fully saturated rings. The minimum absolute atomic E-state index is 0.0119. The van der Waals surface area contributed by atoms with Crippen LogP contribution in [0.25, 0.3) is 11.0 Å². The fraction of sp³-hybridized carbons (Fsp3) is 0.694. The molecule has 2 unspecified atom stereocenters. The minimum atomic E-state index is -0.676. The van der Waals surface area contributed by atoms with Crippen molar-refractivity contribution in [1.29, 1.82) is 0 Å². The second kappa shape index (κ2) is 12.7. The third-order valence-corrected chi connectivity index (χ3v) is 11.9. The average Bonchev–Trinajstić information content (AvgIpc) is 3.63. The number of methoxy groups -OCH3 is 1. The number of aryl methyl sites for hydroxylation is 1. The first-order valence-corrected chi connectivity index (χ1v) is 17.3. The van der Waals surface area contributed by atoms with E-state index in [2.05, 4.69) is 6.92 Å². The quantitative estimate of drug-likeness (QED) is 0.342. The molecule has 2 saturated carbocycles. The highest BCUT2D eigenvalue weighted by molar-refractivity contribution is 5.87. The number of aromatic nitrogens is 2. The Balaban J connectivity index is 1.23. The van der Waals surface area contributed by atoms with Gasteiger partial charge in [-0.15, -0.1) is 0 Å². The molecule has 248 valence electrons. The molecule has 2 aromatic rings. The van der Waals surface area contributed by atoms with Gasteiger partial charge in [0.05, 0.1) is 43.1 Å². The smallest absolute Gasteiger partial charge is 0.306 e. The largest absolute Gasteiger partial charge is 0.497 e. The summed E-state index contributed by atoms with van der Waals surface area (Å²) in [5.74, 6) is 1.45. The molecule has 3 aliphatic heterocycles. The van der Waals surface area contributed by atoms with Gasteiger partial charge in [0.25, 0.3) is 0 Å². The molecular weight excluding hydrogens is 586 g/mol. The zero-order valence-corrected chi connectivity index (χ0v) is 27.3. The molecule has 1 aromatic carbocycles. The number of hydrogen-bond acceptors (Lipinski definition) is 9. The molecule has 2 saturated heterocycles. The first-order chi connectivity index (χ1) is 22.3. The van der Waals surface area contributed by atoms with Crippen molar-refractivity contribution >= 4 is 29.2 Å². The van der Waals surface area contributed by atoms with Crippen LogP contribution in [0.15, 0.2) is 18.2 Å². The number of benzene rings is 1. The van der Waals surface area contributed by atoms with Crippen LogP contribution in [0, 0.1) is 35.0 Å². The van der Waals surface area contributed by atoms with Crippen LogP contribution in [-0.4, -0.2) is 78.1 Å². The Morgan fingerprint density at radius 3 is 2.61 bits per heavy atom. The molecule has 46 heavy (non-hydrogen) atoms. The number of ether oxygens (including phenoxy) is 4. The second-order valence-corrected chi connectivity index (χ2v) is 14.7. The zero-order valence-electron chi connectivity index (χ0n) is 27.3. The summed E-state index contributed by atoms with van der Waals surface area (Å²) < 4.78 is 24.0. The summed E-state index contributed by atoms with van der Waals surface area (Å²) in [5.41, 5.74) is 1.79. The predicted octanol–water partition coefficient (Wildman–Crippen LogP) is 4.94. The maximum absolute atomic E-state index is 14.6. The lowest BCUT2D eigenvalue weighted by Gasteiger charge is -2.41. The lowest BCUT2D eigenvalue weighted by Crippen LogP contribution is -2.49. The Morgan fingerprint density at radius 2 is 1.83 bits per heavy atom. The highest BCUT2D eigenvalue weighted by Gasteiger charge is 2.55. The monoisotopic (exact) mass is 633 g/mol. The van der Waals surface area contributed by atoms with E-state index in [4.69, 9.17) is 28.9 Å². The van der Waals surface area contributed by atoms with Gasteiger partial charge < -0.3 is 28.6 Å². The minimum Gasteiger partial charge on any atom is -0.497 e. The Bertz CT molecular complexity index is 1480. The molecule has 2 bridgehead atoms. The number of hydrogen-bond donors (Lipinski definition) is 0. The van der Waals surface area contributed by atoms with Gasteiger partial charge in [0, 0.05) is 25.2 Å². The predicted molar refractivity (Wildman–Crippen MR) is 169 cm³/mol. The van der Waals surface area contributed by atoms with Gasteiger partial charge in [-0.1, -0.05) is 26.7 Å². The number of carbonyl (C=O) groups is 3. The van der Waals surface area contributed by atoms with Gasteiger partial charge in [-0.2, -0.15) is 0 Å². The fourth-order valence-corrected chi connectivity index (χ4v) is 8.75. The summed E-state index contributed by atoms with van der Waals surface area (Å²) in [4.78, 5) is 52.3. The lowest BCUT2D eigenvalue weighted by molar-refractivity contribution is -0.160. The second-order valence-electron chi connectivity index (χ2n) is 14.7. The number of nitrogens with zero attached hydrogens (tertiary/aromatic N) is 3. The van der Waals surface area contributed by atoms with E-state index in [9.17, 15) is 14.4 Å². The van der Waals surface area contributed by atoms with Crippen molar-refractivity contribution in [2.45, 2.75) is 96.3 Å². The van der Waals surface area contributed by atoms with E-state index in [1.165, 1.54) is 6.42 Å². The number of esters is 1. The Hall–Kier alpha value is -3.27. The van der Waals surface area contributed by atoms with Crippen molar-refractivity contribution in [3.05, 3.63) is 23.9 Å². The number of aldehydes is 1. The van der Waals surface area contributed by atoms with Crippen LogP contribution in [-0.2, 0) is 30.3 Å². The van der Waals surface area contributed by atoms with Crippen molar-refractivity contribution < 1.29 is 33.3 Å². The Kier molecular flexibility index (Phi) is 8.67. The van der Waals surface area contributed by atoms with Gasteiger partial charge in [0.2, 0.25) is 11.8 Å². The highest BCUT2D eigenvalue weighted by Crippen LogP contribution is 2.58. The molecule has 10 nitrogen and oxygen atoms in total. The molecule has 2 aliphatic carbocycles. The summed E-state index contributed by atoms with van der Waals surface area (Å²) in [7, 11) is 1.62. The third kappa shape index (κ3) is 5.98. The van der Waals surface area contributed by atoms with Crippen LogP contribution in [0.1, 0.15) is 77.3 Å². The van der Waals surface area contributed by atoms with Crippen molar-refractivity contribution in [3.8, 4) is 11.6 Å². The zero-order chi connectivity index (χ0) is 32.0. The molecule has 1 aromatic heterocycles. The molecule has 1 amide bonds. The number of amides is 1. The van der Waals surface area contributed by atoms with Gasteiger partial charge in [0.15, 0.2) is 0 Å². The Labute approximate surface area is 270 Å². The maximum atomic E-state index is 14.6. The van der Waals surface area contributed by atoms with E-state index in [1.54, 1.807) is 12.0 Å². The van der Waals surface area contributed by atoms with Crippen LogP contribution in [0.2, 0.25) is 0 Å². The van der Waals surface area contributed by atoms with E-state index in [1.807, 2.05) is 25.1 Å². The molecule has 5 aliphatic rings. The average molecular weight is 634 g/mol. The molecule has 4 heterocycles. The summed E-state index contributed by atoms with van der Waals surface area (Å²) in [6, 6.07) is 4.97. The van der Waals surface area contributed by atoms with Crippen LogP contribution in [0.5, 0.6) is 11.6 Å². The summed E-state index contributed by atoms with van der Waals surface area (Å²) >= 11 is 0. The van der Waals surface area contributed by atoms with Gasteiger partial charge in [0.1, 0.15) is 29.9 Å². The normalized spacial score (nSPS) is 34.7. The number of fused-ring (bicyclic) bond motifs is 7. The maximum Gasteiger partial charge on any atom is 0.306 e. The van der Waals surface area contributed by atoms with Crippen molar-refractivity contribution in [1.82, 2.24) is 14.9 Å². The van der Waals surface area contributed by atoms with E-state index in [0.29, 0.717) is 67.4 Å². The molecule has 0 spiro atoms. The van der Waals surface area contributed by atoms with Gasteiger partial charge >= 0.3 is 5.97 Å². The number of carbonyl (C=O) groups excluding carboxylic acids is 3. The highest BCUT2D eigenvalue weighted by atomic mass is 16.5. The summed E-state index contributed by atoms with van der Waals surface area (Å²) in [6.45, 7) is 5.34. The molecule has 0 N–H and O–H groups in total. The molecule has 0 radical (unpaired) electrons. The molecule has 7 rings (SSSR count). The van der Waals surface area contributed by atoms with E-state index < -0.39 is 23.5 Å². The van der Waals surface area contributed by atoms with Crippen molar-refractivity contribution in [3.63, 3.8) is 0 Å². The van der Waals surface area contributed by atoms with E-state index in [0.717, 1.165) is 49.6 Å². The SMILES string of the molecule is COc1ccc2nc3c(nc2c1)O[C@H]1CN(C(=O)[C@H](C2(C)CCOCC2)CC(=O)O[C@@H]2CC4CC4[C@H]2CCCCC3)[C@H](C=O)[C@@H]1C. The van der Waals surface area contributed by atoms with Crippen molar-refractivity contribution in [2.24, 2.45) is 35.0 Å². The fourth-order valence-electron chi connectivity index (χ4n) is 8.75. The van der Waals surface area contributed by atoms with Crippen LogP contribution in [0.3, 0.4) is 0 Å². The first-order valence-electron chi connectivity index (χ1n) is 17.3. The van der Waals surface area contributed by atoms with Gasteiger partial charge in [-0.25, -0.2) is 9.97 Å². The van der Waals surface area contributed by atoms with Crippen LogP contribution in [0.4, 0.5) is 0 Å². The molecule has 8 atom stereocenters. The topological polar surface area (TPSA) is 117 Å². The lowest BCUT2D eigenvalue weighted by atomic mass is 9.69. The van der Waals surface area contributed by atoms with Crippen LogP contribution >= 0.6 is 0 Å². The van der Waals surface area contributed by atoms with Crippen molar-refractivity contribution in [2.75, 3.05) is 26.9 Å². The number of rotatable bonds is 3. The van der Waals surface area contributed by atoms with Gasteiger partial charge in [-0.05, 0) is 80.2 Å². The van der Waals surface area contributed by atoms with Gasteiger partial charge in [-0.3, -0.25) is 9.59 Å². The van der Waals surface area contributed by atoms with E-state index in [-0.39, 0.29) is 36.9 Å². The summed E-state index contributed by atoms with van der Waals surface area (Å²) in [6.07, 6.45) is 8.61. The standard InChI is InChI=1S/C36H47N3O7/c1-21-30(20-40)39-19-32(21)46-34-28(37-27-10-9-23(43-3)17-29(27)38-34)8-6-4-5-7-24-25-15-22(25)16-31(24)45-33(41)18-26(35(39)42)36(2)11-13-44-14-12-36/h9-10,17,20-22,24-26,30-32H,4-8,11-16,18-19H2,1-3H3/t21-,22?,24+,25?,26+,30+,31+,32-/m0/s1. The first kappa shape index (κ1) is 31.3.